The summed E-state index contributed by atoms with van der Waals surface area (Å²) < 4.78 is 33.1. The quantitative estimate of drug-likeness (QED) is 0.508. The second-order valence-corrected chi connectivity index (χ2v) is 8.03. The van der Waals surface area contributed by atoms with Gasteiger partial charge in [0, 0.05) is 33.2 Å². The van der Waals surface area contributed by atoms with Gasteiger partial charge in [0.25, 0.3) is 5.91 Å². The molecule has 0 atom stereocenters. The average molecular weight is 413 g/mol. The highest BCUT2D eigenvalue weighted by molar-refractivity contribution is 7.89. The molecule has 0 unspecified atom stereocenters. The molecule has 0 aromatic carbocycles. The second-order valence-electron chi connectivity index (χ2n) is 6.13. The Morgan fingerprint density at radius 1 is 1.32 bits per heavy atom. The Balaban J connectivity index is 1.76. The summed E-state index contributed by atoms with van der Waals surface area (Å²) in [6.07, 6.45) is 1.29. The number of H-pyrrole nitrogens is 1. The van der Waals surface area contributed by atoms with Crippen LogP contribution in [0.3, 0.4) is 0 Å². The molecule has 0 aliphatic carbocycles. The van der Waals surface area contributed by atoms with Crippen molar-refractivity contribution in [3.8, 4) is 5.88 Å². The lowest BCUT2D eigenvalue weighted by atomic mass is 10.3. The van der Waals surface area contributed by atoms with Gasteiger partial charge in [-0.2, -0.15) is 9.40 Å². The Morgan fingerprint density at radius 3 is 2.46 bits per heavy atom. The number of hydrogen-bond acceptors (Lipinski definition) is 8. The lowest BCUT2D eigenvalue weighted by Crippen LogP contribution is -2.50. The van der Waals surface area contributed by atoms with E-state index in [2.05, 4.69) is 15.3 Å². The predicted molar refractivity (Wildman–Crippen MR) is 94.4 cm³/mol. The van der Waals surface area contributed by atoms with Gasteiger partial charge in [0.15, 0.2) is 0 Å². The van der Waals surface area contributed by atoms with E-state index in [9.17, 15) is 23.3 Å². The molecule has 0 spiro atoms. The number of aromatic nitrogens is 4. The molecule has 28 heavy (non-hydrogen) atoms. The number of ether oxygens (including phenoxy) is 1. The van der Waals surface area contributed by atoms with Crippen molar-refractivity contribution in [2.24, 2.45) is 7.05 Å². The Hall–Kier alpha value is -3.00. The fourth-order valence-electron chi connectivity index (χ4n) is 2.94. The van der Waals surface area contributed by atoms with E-state index in [1.807, 2.05) is 0 Å². The SMILES string of the molecule is COc1n[nH]c(C(=O)N2CCN(S(=O)(=O)c3cnn(C)c3C)CC2)c1[N+](=O)[O-]. The summed E-state index contributed by atoms with van der Waals surface area (Å²) >= 11 is 0. The maximum absolute atomic E-state index is 12.8. The van der Waals surface area contributed by atoms with Crippen LogP contribution < -0.4 is 4.74 Å². The van der Waals surface area contributed by atoms with Gasteiger partial charge < -0.3 is 9.64 Å². The van der Waals surface area contributed by atoms with E-state index in [-0.39, 0.29) is 42.6 Å². The van der Waals surface area contributed by atoms with Gasteiger partial charge in [-0.3, -0.25) is 24.7 Å². The van der Waals surface area contributed by atoms with Crippen LogP contribution in [0.5, 0.6) is 5.88 Å². The topological polar surface area (TPSA) is 157 Å². The van der Waals surface area contributed by atoms with Crippen LogP contribution in [0.25, 0.3) is 0 Å². The Kier molecular flexibility index (Phi) is 5.08. The van der Waals surface area contributed by atoms with Gasteiger partial charge in [-0.15, -0.1) is 5.10 Å². The summed E-state index contributed by atoms with van der Waals surface area (Å²) in [7, 11) is -0.884. The number of carbonyl (C=O) groups is 1. The first-order valence-corrected chi connectivity index (χ1v) is 9.67. The van der Waals surface area contributed by atoms with Crippen molar-refractivity contribution in [3.05, 3.63) is 27.7 Å². The van der Waals surface area contributed by atoms with Crippen LogP contribution in [-0.2, 0) is 17.1 Å². The molecule has 3 rings (SSSR count). The number of piperazine rings is 1. The number of nitrogens with one attached hydrogen (secondary N) is 1. The van der Waals surface area contributed by atoms with E-state index < -0.39 is 26.5 Å². The average Bonchev–Trinajstić information content (AvgIpc) is 3.25. The van der Waals surface area contributed by atoms with Crippen LogP contribution >= 0.6 is 0 Å². The zero-order valence-corrected chi connectivity index (χ0v) is 16.3. The lowest BCUT2D eigenvalue weighted by molar-refractivity contribution is -0.386. The molecular weight excluding hydrogens is 394 g/mol. The third-order valence-electron chi connectivity index (χ3n) is 4.63. The number of aryl methyl sites for hydroxylation is 1. The molecule has 152 valence electrons. The van der Waals surface area contributed by atoms with Crippen molar-refractivity contribution >= 4 is 21.6 Å². The fraction of sp³-hybridized carbons (Fsp3) is 0.500. The van der Waals surface area contributed by atoms with Crippen molar-refractivity contribution in [2.45, 2.75) is 11.8 Å². The lowest BCUT2D eigenvalue weighted by Gasteiger charge is -2.33. The summed E-state index contributed by atoms with van der Waals surface area (Å²) in [5, 5.41) is 21.1. The van der Waals surface area contributed by atoms with Gasteiger partial charge in [-0.05, 0) is 6.92 Å². The van der Waals surface area contributed by atoms with E-state index in [1.54, 1.807) is 14.0 Å². The summed E-state index contributed by atoms with van der Waals surface area (Å²) in [5.41, 5.74) is -0.339. The van der Waals surface area contributed by atoms with Crippen molar-refractivity contribution in [1.29, 1.82) is 0 Å². The number of hydrogen-bond donors (Lipinski definition) is 1. The van der Waals surface area contributed by atoms with Crippen LogP contribution in [0.4, 0.5) is 5.69 Å². The number of aromatic amines is 1. The Morgan fingerprint density at radius 2 is 1.96 bits per heavy atom. The highest BCUT2D eigenvalue weighted by atomic mass is 32.2. The maximum atomic E-state index is 12.8. The molecule has 0 radical (unpaired) electrons. The Bertz CT molecular complexity index is 1020. The molecule has 2 aromatic rings. The van der Waals surface area contributed by atoms with E-state index >= 15 is 0 Å². The smallest absolute Gasteiger partial charge is 0.362 e. The molecule has 2 aromatic heterocycles. The van der Waals surface area contributed by atoms with Gasteiger partial charge >= 0.3 is 11.6 Å². The molecule has 0 saturated carbocycles. The summed E-state index contributed by atoms with van der Waals surface area (Å²) in [5.74, 6) is -0.932. The fourth-order valence-corrected chi connectivity index (χ4v) is 4.55. The number of nitro groups is 1. The summed E-state index contributed by atoms with van der Waals surface area (Å²) in [6.45, 7) is 1.93. The van der Waals surface area contributed by atoms with E-state index in [0.29, 0.717) is 5.69 Å². The van der Waals surface area contributed by atoms with Gasteiger partial charge in [0.05, 0.1) is 23.9 Å². The van der Waals surface area contributed by atoms with Crippen LogP contribution in [-0.4, -0.2) is 81.7 Å². The van der Waals surface area contributed by atoms with Crippen molar-refractivity contribution in [1.82, 2.24) is 29.2 Å². The number of sulfonamides is 1. The molecule has 1 aliphatic heterocycles. The minimum Gasteiger partial charge on any atom is -0.475 e. The van der Waals surface area contributed by atoms with Crippen molar-refractivity contribution < 1.29 is 22.9 Å². The standard InChI is InChI=1S/C14H19N7O6S/c1-9-10(8-15-18(9)2)28(25,26)20-6-4-19(5-7-20)14(22)11-12(21(23)24)13(27-3)17-16-11/h8H,4-7H2,1-3H3,(H,16,17). The van der Waals surface area contributed by atoms with Gasteiger partial charge in [-0.1, -0.05) is 0 Å². The van der Waals surface area contributed by atoms with Crippen LogP contribution in [0.2, 0.25) is 0 Å². The number of methoxy groups -OCH3 is 1. The third-order valence-corrected chi connectivity index (χ3v) is 6.63. The zero-order valence-electron chi connectivity index (χ0n) is 15.4. The van der Waals surface area contributed by atoms with E-state index in [1.165, 1.54) is 27.2 Å². The highest BCUT2D eigenvalue weighted by Crippen LogP contribution is 2.29. The number of nitrogens with zero attached hydrogens (tertiary/aromatic N) is 6. The van der Waals surface area contributed by atoms with Crippen LogP contribution in [0.1, 0.15) is 16.2 Å². The molecule has 3 heterocycles. The van der Waals surface area contributed by atoms with Gasteiger partial charge in [-0.25, -0.2) is 8.42 Å². The molecule has 1 N–H and O–H groups in total. The van der Waals surface area contributed by atoms with Gasteiger partial charge in [0.1, 0.15) is 4.90 Å². The zero-order chi connectivity index (χ0) is 20.6. The maximum Gasteiger partial charge on any atom is 0.362 e. The predicted octanol–water partition coefficient (Wildman–Crippen LogP) is -0.485. The van der Waals surface area contributed by atoms with Crippen molar-refractivity contribution in [3.63, 3.8) is 0 Å². The largest absolute Gasteiger partial charge is 0.475 e. The number of amides is 1. The summed E-state index contributed by atoms with van der Waals surface area (Å²) in [4.78, 5) is 24.6. The van der Waals surface area contributed by atoms with E-state index in [4.69, 9.17) is 4.74 Å². The minimum absolute atomic E-state index is 0.0570. The molecule has 14 heteroatoms. The van der Waals surface area contributed by atoms with Gasteiger partial charge in [0.2, 0.25) is 15.7 Å². The van der Waals surface area contributed by atoms with Crippen molar-refractivity contribution in [2.75, 3.05) is 33.3 Å². The number of carbonyl (C=O) groups excluding carboxylic acids is 1. The molecular formula is C14H19N7O6S. The molecule has 1 aliphatic rings. The Labute approximate surface area is 160 Å². The first-order chi connectivity index (χ1) is 13.2. The minimum atomic E-state index is -3.74. The van der Waals surface area contributed by atoms with Crippen LogP contribution in [0.15, 0.2) is 11.1 Å². The first kappa shape index (κ1) is 19.8. The molecule has 0 bridgehead atoms. The molecule has 1 saturated heterocycles. The summed E-state index contributed by atoms with van der Waals surface area (Å²) in [6, 6.07) is 0. The normalized spacial score (nSPS) is 15.6. The highest BCUT2D eigenvalue weighted by Gasteiger charge is 2.36. The molecule has 1 amide bonds. The monoisotopic (exact) mass is 413 g/mol. The van der Waals surface area contributed by atoms with E-state index in [0.717, 1.165) is 0 Å². The third kappa shape index (κ3) is 3.20. The molecule has 13 nitrogen and oxygen atoms in total. The van der Waals surface area contributed by atoms with Crippen LogP contribution in [0, 0.1) is 17.0 Å². The first-order valence-electron chi connectivity index (χ1n) is 8.23. The second kappa shape index (κ2) is 7.20. The number of rotatable bonds is 5. The molecule has 1 fully saturated rings.